The summed E-state index contributed by atoms with van der Waals surface area (Å²) in [4.78, 5) is 41.6. The number of nitrogens with zero attached hydrogens (tertiary/aromatic N) is 5. The Kier molecular flexibility index (Phi) is 7.96. The van der Waals surface area contributed by atoms with Crippen LogP contribution in [0.4, 0.5) is 19.1 Å². The molecule has 6 aliphatic rings. The summed E-state index contributed by atoms with van der Waals surface area (Å²) >= 11 is 0. The maximum absolute atomic E-state index is 14.7. The van der Waals surface area contributed by atoms with Crippen LogP contribution in [-0.4, -0.2) is 61.2 Å². The molecule has 13 heteroatoms. The SMILES string of the molecule is O=C(NC1(C(=O)O)C2CC3CC(C2)CC1C3)c1ccc(-c2cn(C3CCC3)c3cc(OC4CCN(c5ncccn5)CC4)ccc23)nc1C(F)(F)F. The van der Waals surface area contributed by atoms with Crippen LogP contribution < -0.4 is 15.0 Å². The van der Waals surface area contributed by atoms with Gasteiger partial charge in [0.1, 0.15) is 17.4 Å². The minimum absolute atomic E-state index is 0.00200. The van der Waals surface area contributed by atoms with Crippen LogP contribution in [0.25, 0.3) is 22.2 Å². The number of fused-ring (bicyclic) bond motifs is 1. The predicted octanol–water partition coefficient (Wildman–Crippen LogP) is 7.29. The first kappa shape index (κ1) is 33.2. The number of amides is 1. The first-order chi connectivity index (χ1) is 25.1. The van der Waals surface area contributed by atoms with Crippen LogP contribution in [0.3, 0.4) is 0 Å². The lowest BCUT2D eigenvalue weighted by molar-refractivity contribution is -0.163. The van der Waals surface area contributed by atoms with Crippen molar-refractivity contribution in [2.24, 2.45) is 23.7 Å². The Morgan fingerprint density at radius 3 is 2.23 bits per heavy atom. The van der Waals surface area contributed by atoms with Crippen LogP contribution in [0.2, 0.25) is 0 Å². The third-order valence-corrected chi connectivity index (χ3v) is 12.6. The minimum Gasteiger partial charge on any atom is -0.490 e. The molecular weight excluding hydrogens is 673 g/mol. The zero-order valence-electron chi connectivity index (χ0n) is 28.7. The average molecular weight is 715 g/mol. The monoisotopic (exact) mass is 714 g/mol. The van der Waals surface area contributed by atoms with E-state index in [1.807, 2.05) is 24.4 Å². The van der Waals surface area contributed by atoms with E-state index in [-0.39, 0.29) is 29.7 Å². The van der Waals surface area contributed by atoms with Gasteiger partial charge in [0.15, 0.2) is 5.69 Å². The second kappa shape index (κ2) is 12.5. The Morgan fingerprint density at radius 2 is 1.62 bits per heavy atom. The first-order valence-electron chi connectivity index (χ1n) is 18.5. The summed E-state index contributed by atoms with van der Waals surface area (Å²) < 4.78 is 52.8. The second-order valence-corrected chi connectivity index (χ2v) is 15.6. The van der Waals surface area contributed by atoms with E-state index in [1.165, 1.54) is 6.07 Å². The van der Waals surface area contributed by atoms with Crippen molar-refractivity contribution in [1.29, 1.82) is 0 Å². The van der Waals surface area contributed by atoms with Crippen molar-refractivity contribution >= 4 is 28.7 Å². The number of aromatic nitrogens is 4. The van der Waals surface area contributed by atoms with Gasteiger partial charge < -0.3 is 24.6 Å². The van der Waals surface area contributed by atoms with Crippen molar-refractivity contribution in [3.8, 4) is 17.0 Å². The van der Waals surface area contributed by atoms with Crippen LogP contribution in [-0.2, 0) is 11.0 Å². The predicted molar refractivity (Wildman–Crippen MR) is 186 cm³/mol. The van der Waals surface area contributed by atoms with Crippen LogP contribution >= 0.6 is 0 Å². The number of alkyl halides is 3. The number of carboxylic acids is 1. The van der Waals surface area contributed by atoms with E-state index in [9.17, 15) is 27.9 Å². The summed E-state index contributed by atoms with van der Waals surface area (Å²) in [6.07, 6.45) is 8.72. The number of benzene rings is 1. The van der Waals surface area contributed by atoms with Gasteiger partial charge in [0.2, 0.25) is 5.95 Å². The van der Waals surface area contributed by atoms with Gasteiger partial charge in [-0.05, 0) is 105 Å². The van der Waals surface area contributed by atoms with E-state index in [1.54, 1.807) is 18.5 Å². The lowest BCUT2D eigenvalue weighted by Crippen LogP contribution is -2.70. The summed E-state index contributed by atoms with van der Waals surface area (Å²) in [6, 6.07) is 10.3. The molecule has 272 valence electrons. The number of aliphatic carboxylic acids is 1. The number of rotatable bonds is 8. The van der Waals surface area contributed by atoms with E-state index in [0.717, 1.165) is 68.6 Å². The Hall–Kier alpha value is -4.68. The highest BCUT2D eigenvalue weighted by atomic mass is 19.4. The molecular formula is C39H41F3N6O4. The number of hydrogen-bond acceptors (Lipinski definition) is 7. The molecule has 1 aliphatic heterocycles. The molecule has 1 amide bonds. The van der Waals surface area contributed by atoms with Gasteiger partial charge in [-0.1, -0.05) is 0 Å². The summed E-state index contributed by atoms with van der Waals surface area (Å²) in [5.41, 5.74) is -2.06. The van der Waals surface area contributed by atoms with Crippen LogP contribution in [0.15, 0.2) is 55.0 Å². The van der Waals surface area contributed by atoms with E-state index in [2.05, 4.69) is 29.7 Å². The van der Waals surface area contributed by atoms with Crippen LogP contribution in [0, 0.1) is 23.7 Å². The zero-order chi connectivity index (χ0) is 35.8. The van der Waals surface area contributed by atoms with E-state index >= 15 is 0 Å². The molecule has 10 nitrogen and oxygen atoms in total. The highest BCUT2D eigenvalue weighted by Crippen LogP contribution is 2.58. The molecule has 52 heavy (non-hydrogen) atoms. The number of pyridine rings is 1. The molecule has 5 saturated carbocycles. The number of halogens is 3. The quantitative estimate of drug-likeness (QED) is 0.195. The number of ether oxygens (including phenoxy) is 1. The van der Waals surface area contributed by atoms with Gasteiger partial charge in [0, 0.05) is 67.6 Å². The normalized spacial score (nSPS) is 27.5. The van der Waals surface area contributed by atoms with Crippen molar-refractivity contribution < 1.29 is 32.6 Å². The molecule has 4 heterocycles. The molecule has 0 unspecified atom stereocenters. The highest BCUT2D eigenvalue weighted by Gasteiger charge is 2.62. The molecule has 1 aromatic carbocycles. The third kappa shape index (κ3) is 5.58. The molecule has 1 saturated heterocycles. The molecule has 4 aromatic rings. The molecule has 2 N–H and O–H groups in total. The van der Waals surface area contributed by atoms with E-state index in [0.29, 0.717) is 54.8 Å². The number of carbonyl (C=O) groups is 2. The van der Waals surface area contributed by atoms with Gasteiger partial charge in [-0.15, -0.1) is 0 Å². The Balaban J connectivity index is 1.01. The Morgan fingerprint density at radius 1 is 0.923 bits per heavy atom. The summed E-state index contributed by atoms with van der Waals surface area (Å²) in [7, 11) is 0. The van der Waals surface area contributed by atoms with Gasteiger partial charge in [0.05, 0.1) is 16.8 Å². The molecule has 3 aromatic heterocycles. The van der Waals surface area contributed by atoms with Gasteiger partial charge >= 0.3 is 12.1 Å². The number of hydrogen-bond donors (Lipinski definition) is 2. The third-order valence-electron chi connectivity index (χ3n) is 12.6. The maximum atomic E-state index is 14.7. The smallest absolute Gasteiger partial charge is 0.434 e. The lowest BCUT2D eigenvalue weighted by atomic mass is 9.48. The molecule has 0 atom stereocenters. The fourth-order valence-corrected chi connectivity index (χ4v) is 10.1. The number of piperidine rings is 1. The first-order valence-corrected chi connectivity index (χ1v) is 18.5. The Labute approximate surface area is 298 Å². The van der Waals surface area contributed by atoms with Crippen LogP contribution in [0.1, 0.15) is 86.3 Å². The largest absolute Gasteiger partial charge is 0.490 e. The standard InChI is InChI=1S/C39H41F3N6O4/c40-39(41,42)34-30(35(49)46-38(36(50)51)24-16-22-15-23(18-24)19-25(38)17-22)7-8-32(45-34)31-21-48(26-3-1-4-26)33-20-28(5-6-29(31)33)52-27-9-13-47(14-10-27)37-43-11-2-12-44-37/h2,5-8,11-12,20-27H,1,3-4,9-10,13-19H2,(H,46,49)(H,50,51). The number of carboxylic acid groups (broad SMARTS) is 1. The fraction of sp³-hybridized carbons (Fsp3) is 0.513. The van der Waals surface area contributed by atoms with Gasteiger partial charge in [-0.3, -0.25) is 4.79 Å². The fourth-order valence-electron chi connectivity index (χ4n) is 10.1. The average Bonchev–Trinajstić information content (AvgIpc) is 3.46. The van der Waals surface area contributed by atoms with Crippen molar-refractivity contribution in [3.63, 3.8) is 0 Å². The lowest BCUT2D eigenvalue weighted by Gasteiger charge is -2.59. The van der Waals surface area contributed by atoms with Crippen molar-refractivity contribution in [3.05, 3.63) is 66.2 Å². The van der Waals surface area contributed by atoms with Gasteiger partial charge in [-0.2, -0.15) is 13.2 Å². The summed E-state index contributed by atoms with van der Waals surface area (Å²) in [5.74, 6) is -0.565. The molecule has 5 aliphatic carbocycles. The number of carbonyl (C=O) groups excluding carboxylic acids is 1. The molecule has 6 fully saturated rings. The van der Waals surface area contributed by atoms with Gasteiger partial charge in [0.25, 0.3) is 5.91 Å². The molecule has 10 rings (SSSR count). The van der Waals surface area contributed by atoms with Crippen LogP contribution in [0.5, 0.6) is 5.75 Å². The van der Waals surface area contributed by atoms with Crippen molar-refractivity contribution in [2.75, 3.05) is 18.0 Å². The highest BCUT2D eigenvalue weighted by molar-refractivity contribution is 6.00. The van der Waals surface area contributed by atoms with Crippen molar-refractivity contribution in [2.45, 2.75) is 88.1 Å². The number of nitrogens with one attached hydrogen (secondary N) is 1. The Bertz CT molecular complexity index is 1990. The van der Waals surface area contributed by atoms with E-state index < -0.39 is 34.8 Å². The molecule has 4 bridgehead atoms. The topological polar surface area (TPSA) is 122 Å². The molecule has 0 spiro atoms. The van der Waals surface area contributed by atoms with Gasteiger partial charge in [-0.25, -0.2) is 19.7 Å². The zero-order valence-corrected chi connectivity index (χ0v) is 28.7. The summed E-state index contributed by atoms with van der Waals surface area (Å²) in [6.45, 7) is 1.53. The maximum Gasteiger partial charge on any atom is 0.434 e. The van der Waals surface area contributed by atoms with Crippen molar-refractivity contribution in [1.82, 2.24) is 24.8 Å². The minimum atomic E-state index is -4.95. The summed E-state index contributed by atoms with van der Waals surface area (Å²) in [5, 5.41) is 13.9. The van der Waals surface area contributed by atoms with E-state index in [4.69, 9.17) is 4.74 Å². The number of anilines is 1. The second-order valence-electron chi connectivity index (χ2n) is 15.6. The molecule has 0 radical (unpaired) electrons.